The van der Waals surface area contributed by atoms with Crippen molar-refractivity contribution in [3.63, 3.8) is 0 Å². The fourth-order valence-electron chi connectivity index (χ4n) is 2.70. The molecule has 0 amide bonds. The van der Waals surface area contributed by atoms with E-state index in [1.54, 1.807) is 12.1 Å². The second-order valence-corrected chi connectivity index (χ2v) is 7.84. The standard InChI is InChI=1S/C16H15FN2O4S/c1-24(22,23)16-8-12(6-7-15(16)19(20)21)18-14-9-13(14)10-2-4-11(17)5-3-10/h2-8,13-14,18H,9H2,1H3/t13-,14+/m0/s1. The van der Waals surface area contributed by atoms with E-state index in [1.165, 1.54) is 30.3 Å². The molecule has 126 valence electrons. The molecular formula is C16H15FN2O4S. The summed E-state index contributed by atoms with van der Waals surface area (Å²) in [6, 6.07) is 10.3. The summed E-state index contributed by atoms with van der Waals surface area (Å²) in [5.74, 6) is -0.0838. The second-order valence-electron chi connectivity index (χ2n) is 5.86. The van der Waals surface area contributed by atoms with Crippen molar-refractivity contribution in [2.45, 2.75) is 23.3 Å². The molecule has 2 aromatic rings. The molecule has 0 bridgehead atoms. The summed E-state index contributed by atoms with van der Waals surface area (Å²) in [5, 5.41) is 14.1. The molecule has 1 saturated carbocycles. The average molecular weight is 350 g/mol. The van der Waals surface area contributed by atoms with E-state index in [-0.39, 0.29) is 22.7 Å². The molecule has 0 spiro atoms. The van der Waals surface area contributed by atoms with Crippen molar-refractivity contribution in [2.24, 2.45) is 0 Å². The first-order valence-corrected chi connectivity index (χ1v) is 9.15. The molecule has 24 heavy (non-hydrogen) atoms. The van der Waals surface area contributed by atoms with Crippen LogP contribution in [0.5, 0.6) is 0 Å². The summed E-state index contributed by atoms with van der Waals surface area (Å²) in [6.07, 6.45) is 1.77. The molecule has 0 saturated heterocycles. The number of nitro groups is 1. The molecule has 0 heterocycles. The highest BCUT2D eigenvalue weighted by atomic mass is 32.2. The number of anilines is 1. The Kier molecular flexibility index (Phi) is 4.00. The molecule has 0 radical (unpaired) electrons. The zero-order valence-corrected chi connectivity index (χ0v) is 13.6. The van der Waals surface area contributed by atoms with Gasteiger partial charge in [-0.25, -0.2) is 12.8 Å². The smallest absolute Gasteiger partial charge is 0.288 e. The van der Waals surface area contributed by atoms with Gasteiger partial charge in [0, 0.05) is 30.0 Å². The number of rotatable bonds is 5. The van der Waals surface area contributed by atoms with Gasteiger partial charge in [-0.1, -0.05) is 12.1 Å². The minimum Gasteiger partial charge on any atom is -0.382 e. The van der Waals surface area contributed by atoms with Gasteiger partial charge in [0.25, 0.3) is 5.69 Å². The fourth-order valence-corrected chi connectivity index (χ4v) is 3.56. The highest BCUT2D eigenvalue weighted by Gasteiger charge is 2.38. The lowest BCUT2D eigenvalue weighted by Gasteiger charge is -2.08. The van der Waals surface area contributed by atoms with Crippen molar-refractivity contribution in [1.82, 2.24) is 0 Å². The summed E-state index contributed by atoms with van der Waals surface area (Å²) in [7, 11) is -3.71. The van der Waals surface area contributed by atoms with Crippen LogP contribution in [0.1, 0.15) is 17.9 Å². The van der Waals surface area contributed by atoms with E-state index in [0.717, 1.165) is 18.2 Å². The zero-order valence-electron chi connectivity index (χ0n) is 12.8. The van der Waals surface area contributed by atoms with Crippen LogP contribution in [0.4, 0.5) is 15.8 Å². The number of sulfone groups is 1. The number of nitro benzene ring substituents is 1. The molecule has 1 N–H and O–H groups in total. The van der Waals surface area contributed by atoms with Crippen LogP contribution in [-0.4, -0.2) is 25.6 Å². The predicted molar refractivity (Wildman–Crippen MR) is 87.4 cm³/mol. The minimum absolute atomic E-state index is 0.0873. The Morgan fingerprint density at radius 3 is 2.46 bits per heavy atom. The Bertz CT molecular complexity index is 897. The first-order valence-electron chi connectivity index (χ1n) is 7.26. The number of benzene rings is 2. The number of nitrogens with one attached hydrogen (secondary N) is 1. The highest BCUT2D eigenvalue weighted by Crippen LogP contribution is 2.43. The number of halogens is 1. The van der Waals surface area contributed by atoms with E-state index in [4.69, 9.17) is 0 Å². The maximum Gasteiger partial charge on any atom is 0.288 e. The SMILES string of the molecule is CS(=O)(=O)c1cc(N[C@@H]2C[C@H]2c2ccc(F)cc2)ccc1[N+](=O)[O-]. The van der Waals surface area contributed by atoms with E-state index in [0.29, 0.717) is 5.69 Å². The molecule has 2 atom stereocenters. The quantitative estimate of drug-likeness (QED) is 0.661. The molecule has 0 unspecified atom stereocenters. The van der Waals surface area contributed by atoms with Gasteiger partial charge in [-0.15, -0.1) is 0 Å². The van der Waals surface area contributed by atoms with Gasteiger partial charge in [-0.3, -0.25) is 10.1 Å². The van der Waals surface area contributed by atoms with Crippen LogP contribution in [-0.2, 0) is 9.84 Å². The van der Waals surface area contributed by atoms with E-state index >= 15 is 0 Å². The molecule has 0 aliphatic heterocycles. The Hall–Kier alpha value is -2.48. The van der Waals surface area contributed by atoms with Crippen LogP contribution in [0.3, 0.4) is 0 Å². The molecule has 2 aromatic carbocycles. The molecule has 8 heteroatoms. The van der Waals surface area contributed by atoms with Crippen LogP contribution in [0.2, 0.25) is 0 Å². The summed E-state index contributed by atoms with van der Waals surface area (Å²) in [5.41, 5.74) is 1.07. The lowest BCUT2D eigenvalue weighted by molar-refractivity contribution is -0.387. The predicted octanol–water partition coefficient (Wildman–Crippen LogP) is 3.11. The highest BCUT2D eigenvalue weighted by molar-refractivity contribution is 7.90. The van der Waals surface area contributed by atoms with Crippen LogP contribution in [0, 0.1) is 15.9 Å². The van der Waals surface area contributed by atoms with E-state index in [2.05, 4.69) is 5.32 Å². The van der Waals surface area contributed by atoms with Crippen molar-refractivity contribution < 1.29 is 17.7 Å². The van der Waals surface area contributed by atoms with Gasteiger partial charge >= 0.3 is 0 Å². The van der Waals surface area contributed by atoms with Gasteiger partial charge < -0.3 is 5.32 Å². The largest absolute Gasteiger partial charge is 0.382 e. The summed E-state index contributed by atoms with van der Waals surface area (Å²) in [6.45, 7) is 0. The Balaban J connectivity index is 1.80. The van der Waals surface area contributed by atoms with Crippen molar-refractivity contribution >= 4 is 21.2 Å². The number of hydrogen-bond acceptors (Lipinski definition) is 5. The van der Waals surface area contributed by atoms with Crippen LogP contribution >= 0.6 is 0 Å². The van der Waals surface area contributed by atoms with Gasteiger partial charge in [0.15, 0.2) is 9.84 Å². The van der Waals surface area contributed by atoms with Gasteiger partial charge in [-0.2, -0.15) is 0 Å². The average Bonchev–Trinajstić information content (AvgIpc) is 3.26. The monoisotopic (exact) mass is 350 g/mol. The Labute approximate surface area is 138 Å². The lowest BCUT2D eigenvalue weighted by Crippen LogP contribution is -2.07. The summed E-state index contributed by atoms with van der Waals surface area (Å²) < 4.78 is 36.5. The van der Waals surface area contributed by atoms with Crippen LogP contribution in [0.15, 0.2) is 47.4 Å². The molecule has 1 aliphatic rings. The maximum atomic E-state index is 12.9. The van der Waals surface area contributed by atoms with Crippen LogP contribution < -0.4 is 5.32 Å². The first-order chi connectivity index (χ1) is 11.3. The van der Waals surface area contributed by atoms with E-state index < -0.39 is 20.4 Å². The number of hydrogen-bond donors (Lipinski definition) is 1. The van der Waals surface area contributed by atoms with Gasteiger partial charge in [0.05, 0.1) is 4.92 Å². The fraction of sp³-hybridized carbons (Fsp3) is 0.250. The van der Waals surface area contributed by atoms with Gasteiger partial charge in [0.1, 0.15) is 10.7 Å². The lowest BCUT2D eigenvalue weighted by atomic mass is 10.1. The van der Waals surface area contributed by atoms with Crippen molar-refractivity contribution in [3.05, 3.63) is 64.0 Å². The van der Waals surface area contributed by atoms with Gasteiger partial charge in [-0.05, 0) is 36.2 Å². The maximum absolute atomic E-state index is 12.9. The normalized spacial score (nSPS) is 19.8. The third-order valence-electron chi connectivity index (χ3n) is 4.00. The molecule has 3 rings (SSSR count). The molecule has 0 aromatic heterocycles. The molecule has 1 fully saturated rings. The Morgan fingerprint density at radius 2 is 1.88 bits per heavy atom. The van der Waals surface area contributed by atoms with E-state index in [1.807, 2.05) is 0 Å². The van der Waals surface area contributed by atoms with Crippen LogP contribution in [0.25, 0.3) is 0 Å². The van der Waals surface area contributed by atoms with Crippen molar-refractivity contribution in [3.8, 4) is 0 Å². The van der Waals surface area contributed by atoms with E-state index in [9.17, 15) is 22.9 Å². The topological polar surface area (TPSA) is 89.3 Å². The van der Waals surface area contributed by atoms with Crippen molar-refractivity contribution in [1.29, 1.82) is 0 Å². The third kappa shape index (κ3) is 3.38. The molecule has 6 nitrogen and oxygen atoms in total. The molecular weight excluding hydrogens is 335 g/mol. The third-order valence-corrected chi connectivity index (χ3v) is 5.12. The zero-order chi connectivity index (χ0) is 17.5. The second kappa shape index (κ2) is 5.86. The van der Waals surface area contributed by atoms with Crippen molar-refractivity contribution in [2.75, 3.05) is 11.6 Å². The minimum atomic E-state index is -3.71. The molecule has 1 aliphatic carbocycles. The Morgan fingerprint density at radius 1 is 1.21 bits per heavy atom. The number of nitrogens with zero attached hydrogens (tertiary/aromatic N) is 1. The first kappa shape index (κ1) is 16.4. The van der Waals surface area contributed by atoms with Gasteiger partial charge in [0.2, 0.25) is 0 Å². The summed E-state index contributed by atoms with van der Waals surface area (Å²) >= 11 is 0. The summed E-state index contributed by atoms with van der Waals surface area (Å²) in [4.78, 5) is 9.95.